The first kappa shape index (κ1) is 15.9. The van der Waals surface area contributed by atoms with Crippen LogP contribution in [0.2, 0.25) is 0 Å². The van der Waals surface area contributed by atoms with Gasteiger partial charge in [-0.3, -0.25) is 4.79 Å². The van der Waals surface area contributed by atoms with Crippen LogP contribution >= 0.6 is 22.7 Å². The van der Waals surface area contributed by atoms with Crippen molar-refractivity contribution in [1.29, 1.82) is 0 Å². The van der Waals surface area contributed by atoms with E-state index in [0.29, 0.717) is 19.4 Å². The minimum absolute atomic E-state index is 0.168. The van der Waals surface area contributed by atoms with Crippen molar-refractivity contribution in [3.8, 4) is 0 Å². The number of carbonyl (C=O) groups is 1. The van der Waals surface area contributed by atoms with Crippen molar-refractivity contribution < 1.29 is 9.53 Å². The van der Waals surface area contributed by atoms with Crippen LogP contribution in [0.1, 0.15) is 29.7 Å². The lowest BCUT2D eigenvalue weighted by atomic mass is 10.2. The fourth-order valence-electron chi connectivity index (χ4n) is 1.79. The van der Waals surface area contributed by atoms with Gasteiger partial charge in [0.1, 0.15) is 0 Å². The Hall–Kier alpha value is -1.47. The van der Waals surface area contributed by atoms with Gasteiger partial charge in [0.25, 0.3) is 0 Å². The molecule has 114 valence electrons. The molecule has 0 spiro atoms. The van der Waals surface area contributed by atoms with Crippen molar-refractivity contribution in [3.63, 3.8) is 0 Å². The van der Waals surface area contributed by atoms with Crippen LogP contribution in [-0.4, -0.2) is 29.1 Å². The Bertz CT molecular complexity index is 580. The molecular weight excluding hydrogens is 306 g/mol. The number of hydrogen-bond donors (Lipinski definition) is 1. The molecule has 21 heavy (non-hydrogen) atoms. The van der Waals surface area contributed by atoms with E-state index in [9.17, 15) is 4.79 Å². The van der Waals surface area contributed by atoms with E-state index < -0.39 is 0 Å². The van der Waals surface area contributed by atoms with Crippen molar-refractivity contribution in [1.82, 2.24) is 9.97 Å². The molecule has 0 saturated carbocycles. The number of anilines is 1. The number of carbonyl (C=O) groups excluding carboxylic acids is 1. The van der Waals surface area contributed by atoms with E-state index in [1.807, 2.05) is 19.2 Å². The predicted octanol–water partition coefficient (Wildman–Crippen LogP) is 3.06. The molecule has 0 aliphatic rings. The Kier molecular flexibility index (Phi) is 6.13. The average Bonchev–Trinajstić information content (AvgIpc) is 3.06. The summed E-state index contributed by atoms with van der Waals surface area (Å²) < 4.78 is 4.90. The minimum Gasteiger partial charge on any atom is -0.466 e. The highest BCUT2D eigenvalue weighted by Crippen LogP contribution is 2.17. The number of nitrogens with one attached hydrogen (secondary N) is 1. The lowest BCUT2D eigenvalue weighted by molar-refractivity contribution is -0.143. The summed E-state index contributed by atoms with van der Waals surface area (Å²) in [7, 11) is 0. The third kappa shape index (κ3) is 5.43. The molecule has 0 fully saturated rings. The minimum atomic E-state index is -0.168. The Morgan fingerprint density at radius 3 is 2.71 bits per heavy atom. The predicted molar refractivity (Wildman–Crippen MR) is 86.1 cm³/mol. The third-order valence-electron chi connectivity index (χ3n) is 2.77. The quantitative estimate of drug-likeness (QED) is 0.756. The number of rotatable bonds is 8. The van der Waals surface area contributed by atoms with Gasteiger partial charge in [-0.2, -0.15) is 0 Å². The Morgan fingerprint density at radius 1 is 1.24 bits per heavy atom. The molecule has 2 heterocycles. The maximum atomic E-state index is 11.3. The van der Waals surface area contributed by atoms with Crippen LogP contribution in [0.4, 0.5) is 5.13 Å². The number of aryl methyl sites for hydroxylation is 2. The van der Waals surface area contributed by atoms with Gasteiger partial charge in [0.15, 0.2) is 5.13 Å². The van der Waals surface area contributed by atoms with Gasteiger partial charge in [-0.1, -0.05) is 0 Å². The zero-order chi connectivity index (χ0) is 15.1. The average molecular weight is 325 g/mol. The Labute approximate surface area is 132 Å². The SMILES string of the molecule is CCOC(=O)CCc1csc(NCCc2csc(C)n2)n1. The molecule has 1 N–H and O–H groups in total. The number of hydrogen-bond acceptors (Lipinski definition) is 7. The lowest BCUT2D eigenvalue weighted by Gasteiger charge is -2.00. The highest BCUT2D eigenvalue weighted by atomic mass is 32.1. The summed E-state index contributed by atoms with van der Waals surface area (Å²) in [6.07, 6.45) is 1.90. The van der Waals surface area contributed by atoms with Crippen LogP contribution < -0.4 is 5.32 Å². The summed E-state index contributed by atoms with van der Waals surface area (Å²) in [6, 6.07) is 0. The molecular formula is C14H19N3O2S2. The van der Waals surface area contributed by atoms with Gasteiger partial charge in [-0.15, -0.1) is 22.7 Å². The molecule has 0 bridgehead atoms. The largest absolute Gasteiger partial charge is 0.466 e. The molecule has 5 nitrogen and oxygen atoms in total. The van der Waals surface area contributed by atoms with E-state index in [-0.39, 0.29) is 5.97 Å². The molecule has 7 heteroatoms. The zero-order valence-electron chi connectivity index (χ0n) is 12.2. The second-order valence-electron chi connectivity index (χ2n) is 4.48. The third-order valence-corrected chi connectivity index (χ3v) is 4.44. The van der Waals surface area contributed by atoms with Gasteiger partial charge < -0.3 is 10.1 Å². The van der Waals surface area contributed by atoms with Crippen molar-refractivity contribution in [3.05, 3.63) is 27.2 Å². The second kappa shape index (κ2) is 8.09. The van der Waals surface area contributed by atoms with E-state index in [1.165, 1.54) is 0 Å². The van der Waals surface area contributed by atoms with Gasteiger partial charge in [0.2, 0.25) is 0 Å². The molecule has 2 aromatic rings. The molecule has 0 aliphatic carbocycles. The maximum Gasteiger partial charge on any atom is 0.306 e. The van der Waals surface area contributed by atoms with Gasteiger partial charge >= 0.3 is 5.97 Å². The van der Waals surface area contributed by atoms with E-state index in [4.69, 9.17) is 4.74 Å². The summed E-state index contributed by atoms with van der Waals surface area (Å²) in [5.74, 6) is -0.168. The Balaban J connectivity index is 1.71. The van der Waals surface area contributed by atoms with Crippen LogP contribution in [0.5, 0.6) is 0 Å². The molecule has 0 radical (unpaired) electrons. The maximum absolute atomic E-state index is 11.3. The van der Waals surface area contributed by atoms with Crippen LogP contribution in [0, 0.1) is 6.92 Å². The van der Waals surface area contributed by atoms with E-state index in [0.717, 1.165) is 34.5 Å². The molecule has 0 saturated heterocycles. The molecule has 2 rings (SSSR count). The van der Waals surface area contributed by atoms with Crippen molar-refractivity contribution in [2.24, 2.45) is 0 Å². The van der Waals surface area contributed by atoms with Gasteiger partial charge in [-0.25, -0.2) is 9.97 Å². The van der Waals surface area contributed by atoms with E-state index in [2.05, 4.69) is 20.7 Å². The molecule has 0 aliphatic heterocycles. The summed E-state index contributed by atoms with van der Waals surface area (Å²) in [6.45, 7) is 5.07. The molecule has 0 unspecified atom stereocenters. The molecule has 0 atom stereocenters. The van der Waals surface area contributed by atoms with Crippen molar-refractivity contribution in [2.45, 2.75) is 33.1 Å². The lowest BCUT2D eigenvalue weighted by Crippen LogP contribution is -2.06. The highest BCUT2D eigenvalue weighted by molar-refractivity contribution is 7.13. The monoisotopic (exact) mass is 325 g/mol. The van der Waals surface area contributed by atoms with Gasteiger partial charge in [0, 0.05) is 30.1 Å². The molecule has 0 aromatic carbocycles. The topological polar surface area (TPSA) is 64.1 Å². The molecule has 0 amide bonds. The summed E-state index contributed by atoms with van der Waals surface area (Å²) >= 11 is 3.24. The van der Waals surface area contributed by atoms with Crippen LogP contribution in [0.15, 0.2) is 10.8 Å². The van der Waals surface area contributed by atoms with Crippen molar-refractivity contribution >= 4 is 33.8 Å². The van der Waals surface area contributed by atoms with E-state index >= 15 is 0 Å². The highest BCUT2D eigenvalue weighted by Gasteiger charge is 2.06. The number of nitrogens with zero attached hydrogens (tertiary/aromatic N) is 2. The standard InChI is InChI=1S/C14H19N3O2S2/c1-3-19-13(18)5-4-11-9-21-14(17-11)15-7-6-12-8-20-10(2)16-12/h8-9H,3-7H2,1-2H3,(H,15,17). The fraction of sp³-hybridized carbons (Fsp3) is 0.500. The number of thiazole rings is 2. The van der Waals surface area contributed by atoms with Crippen LogP contribution in [0.25, 0.3) is 0 Å². The first-order valence-corrected chi connectivity index (χ1v) is 8.68. The smallest absolute Gasteiger partial charge is 0.306 e. The van der Waals surface area contributed by atoms with Crippen LogP contribution in [0.3, 0.4) is 0 Å². The van der Waals surface area contributed by atoms with Crippen molar-refractivity contribution in [2.75, 3.05) is 18.5 Å². The second-order valence-corrected chi connectivity index (χ2v) is 6.40. The number of esters is 1. The number of ether oxygens (including phenoxy) is 1. The normalized spacial score (nSPS) is 10.6. The van der Waals surface area contributed by atoms with Crippen LogP contribution in [-0.2, 0) is 22.4 Å². The summed E-state index contributed by atoms with van der Waals surface area (Å²) in [4.78, 5) is 20.2. The first-order valence-electron chi connectivity index (χ1n) is 6.92. The molecule has 2 aromatic heterocycles. The van der Waals surface area contributed by atoms with Gasteiger partial charge in [-0.05, 0) is 13.8 Å². The summed E-state index contributed by atoms with van der Waals surface area (Å²) in [5, 5.41) is 9.35. The zero-order valence-corrected chi connectivity index (χ0v) is 13.9. The Morgan fingerprint density at radius 2 is 2.00 bits per heavy atom. The summed E-state index contributed by atoms with van der Waals surface area (Å²) in [5.41, 5.74) is 2.05. The van der Waals surface area contributed by atoms with E-state index in [1.54, 1.807) is 22.7 Å². The first-order chi connectivity index (χ1) is 10.2. The van der Waals surface area contributed by atoms with Gasteiger partial charge in [0.05, 0.1) is 29.4 Å². The number of aromatic nitrogens is 2. The fourth-order valence-corrected chi connectivity index (χ4v) is 3.21.